The average molecular weight is 376 g/mol. The van der Waals surface area contributed by atoms with Gasteiger partial charge in [0.15, 0.2) is 11.5 Å². The van der Waals surface area contributed by atoms with Crippen LogP contribution in [-0.4, -0.2) is 49.1 Å². The standard InChI is InChI=1S/C19H24N2O6/c1-12-8-14(25-2)15(26-3)9-13(12)11-27-16(22)10-21-17(23)19(20-18(21)24)6-4-5-7-19/h8-9H,4-7,10-11H2,1-3H3,(H,20,24). The van der Waals surface area contributed by atoms with Crippen molar-refractivity contribution >= 4 is 17.9 Å². The van der Waals surface area contributed by atoms with Crippen LogP contribution in [0.15, 0.2) is 12.1 Å². The molecule has 27 heavy (non-hydrogen) atoms. The summed E-state index contributed by atoms with van der Waals surface area (Å²) in [7, 11) is 3.08. The number of amides is 3. The van der Waals surface area contributed by atoms with Crippen molar-refractivity contribution in [2.24, 2.45) is 0 Å². The summed E-state index contributed by atoms with van der Waals surface area (Å²) >= 11 is 0. The van der Waals surface area contributed by atoms with Crippen LogP contribution in [0.1, 0.15) is 36.8 Å². The molecule has 1 spiro atoms. The summed E-state index contributed by atoms with van der Waals surface area (Å²) in [5, 5.41) is 2.74. The molecule has 8 heteroatoms. The minimum absolute atomic E-state index is 0.0137. The molecular formula is C19H24N2O6. The third kappa shape index (κ3) is 3.56. The Balaban J connectivity index is 1.62. The highest BCUT2D eigenvalue weighted by Crippen LogP contribution is 2.35. The van der Waals surface area contributed by atoms with Gasteiger partial charge in [0.25, 0.3) is 5.91 Å². The van der Waals surface area contributed by atoms with Gasteiger partial charge in [-0.2, -0.15) is 0 Å². The van der Waals surface area contributed by atoms with Gasteiger partial charge in [-0.15, -0.1) is 0 Å². The number of carbonyl (C=O) groups excluding carboxylic acids is 3. The van der Waals surface area contributed by atoms with Crippen LogP contribution in [0.3, 0.4) is 0 Å². The Bertz CT molecular complexity index is 770. The number of aryl methyl sites for hydroxylation is 1. The number of hydrogen-bond acceptors (Lipinski definition) is 6. The molecule has 146 valence electrons. The topological polar surface area (TPSA) is 94.2 Å². The number of urea groups is 1. The highest BCUT2D eigenvalue weighted by atomic mass is 16.5. The summed E-state index contributed by atoms with van der Waals surface area (Å²) in [4.78, 5) is 37.8. The van der Waals surface area contributed by atoms with E-state index in [1.165, 1.54) is 7.11 Å². The van der Waals surface area contributed by atoms with E-state index < -0.39 is 24.1 Å². The minimum atomic E-state index is -0.822. The fourth-order valence-electron chi connectivity index (χ4n) is 3.65. The van der Waals surface area contributed by atoms with E-state index in [1.807, 2.05) is 6.92 Å². The van der Waals surface area contributed by atoms with Crippen LogP contribution < -0.4 is 14.8 Å². The minimum Gasteiger partial charge on any atom is -0.493 e. The Morgan fingerprint density at radius 1 is 1.15 bits per heavy atom. The monoisotopic (exact) mass is 376 g/mol. The molecule has 1 N–H and O–H groups in total. The van der Waals surface area contributed by atoms with Crippen molar-refractivity contribution in [2.45, 2.75) is 44.8 Å². The SMILES string of the molecule is COc1cc(C)c(COC(=O)CN2C(=O)NC3(CCCC3)C2=O)cc1OC. The zero-order valence-electron chi connectivity index (χ0n) is 15.8. The summed E-state index contributed by atoms with van der Waals surface area (Å²) in [6.07, 6.45) is 3.02. The van der Waals surface area contributed by atoms with Crippen LogP contribution in [0.25, 0.3) is 0 Å². The Morgan fingerprint density at radius 2 is 1.78 bits per heavy atom. The fraction of sp³-hybridized carbons (Fsp3) is 0.526. The third-order valence-electron chi connectivity index (χ3n) is 5.22. The van der Waals surface area contributed by atoms with Gasteiger partial charge in [0.2, 0.25) is 0 Å². The molecule has 1 heterocycles. The number of imide groups is 1. The number of nitrogens with zero attached hydrogens (tertiary/aromatic N) is 1. The molecule has 0 bridgehead atoms. The number of ether oxygens (including phenoxy) is 3. The Kier molecular flexibility index (Phi) is 5.25. The summed E-state index contributed by atoms with van der Waals surface area (Å²) < 4.78 is 15.8. The number of rotatable bonds is 6. The lowest BCUT2D eigenvalue weighted by molar-refractivity contribution is -0.148. The third-order valence-corrected chi connectivity index (χ3v) is 5.22. The Labute approximate surface area is 157 Å². The Morgan fingerprint density at radius 3 is 2.41 bits per heavy atom. The molecule has 0 atom stereocenters. The van der Waals surface area contributed by atoms with Gasteiger partial charge < -0.3 is 19.5 Å². The van der Waals surface area contributed by atoms with E-state index in [0.717, 1.165) is 28.9 Å². The van der Waals surface area contributed by atoms with Crippen LogP contribution >= 0.6 is 0 Å². The fourth-order valence-corrected chi connectivity index (χ4v) is 3.65. The maximum Gasteiger partial charge on any atom is 0.326 e. The van der Waals surface area contributed by atoms with Gasteiger partial charge >= 0.3 is 12.0 Å². The van der Waals surface area contributed by atoms with Gasteiger partial charge in [-0.1, -0.05) is 12.8 Å². The number of carbonyl (C=O) groups is 3. The van der Waals surface area contributed by atoms with Crippen LogP contribution in [0.5, 0.6) is 11.5 Å². The van der Waals surface area contributed by atoms with E-state index in [0.29, 0.717) is 24.3 Å². The van der Waals surface area contributed by atoms with Crippen molar-refractivity contribution in [1.29, 1.82) is 0 Å². The smallest absolute Gasteiger partial charge is 0.326 e. The lowest BCUT2D eigenvalue weighted by atomic mass is 9.98. The summed E-state index contributed by atoms with van der Waals surface area (Å²) in [6, 6.07) is 3.01. The second kappa shape index (κ2) is 7.46. The molecule has 3 amide bonds. The zero-order chi connectivity index (χ0) is 19.6. The molecule has 0 unspecified atom stereocenters. The molecule has 3 rings (SSSR count). The molecule has 1 aromatic carbocycles. The first-order valence-electron chi connectivity index (χ1n) is 8.91. The molecule has 0 aromatic heterocycles. The molecule has 1 aliphatic heterocycles. The van der Waals surface area contributed by atoms with Crippen molar-refractivity contribution in [3.8, 4) is 11.5 Å². The maximum atomic E-state index is 12.6. The lowest BCUT2D eigenvalue weighted by Crippen LogP contribution is -2.44. The van der Waals surface area contributed by atoms with E-state index in [9.17, 15) is 14.4 Å². The molecule has 2 aliphatic rings. The molecule has 8 nitrogen and oxygen atoms in total. The first-order valence-corrected chi connectivity index (χ1v) is 8.91. The lowest BCUT2D eigenvalue weighted by Gasteiger charge is -2.19. The Hall–Kier alpha value is -2.77. The van der Waals surface area contributed by atoms with E-state index >= 15 is 0 Å². The molecule has 1 aromatic rings. The van der Waals surface area contributed by atoms with Gasteiger partial charge in [-0.3, -0.25) is 14.5 Å². The molecule has 1 saturated carbocycles. The number of esters is 1. The van der Waals surface area contributed by atoms with E-state index in [2.05, 4.69) is 5.32 Å². The number of nitrogens with one attached hydrogen (secondary N) is 1. The van der Waals surface area contributed by atoms with Crippen molar-refractivity contribution in [3.05, 3.63) is 23.3 Å². The molecule has 0 radical (unpaired) electrons. The van der Waals surface area contributed by atoms with Gasteiger partial charge in [0.1, 0.15) is 18.7 Å². The van der Waals surface area contributed by atoms with E-state index in [1.54, 1.807) is 19.2 Å². The van der Waals surface area contributed by atoms with Crippen molar-refractivity contribution in [1.82, 2.24) is 10.2 Å². The van der Waals surface area contributed by atoms with Crippen molar-refractivity contribution in [3.63, 3.8) is 0 Å². The zero-order valence-corrected chi connectivity index (χ0v) is 15.8. The van der Waals surface area contributed by atoms with E-state index in [4.69, 9.17) is 14.2 Å². The number of benzene rings is 1. The molecule has 1 saturated heterocycles. The van der Waals surface area contributed by atoms with E-state index in [-0.39, 0.29) is 12.5 Å². The van der Waals surface area contributed by atoms with Crippen molar-refractivity contribution < 1.29 is 28.6 Å². The van der Waals surface area contributed by atoms with Crippen LogP contribution in [0.2, 0.25) is 0 Å². The number of hydrogen-bond donors (Lipinski definition) is 1. The van der Waals surface area contributed by atoms with Crippen LogP contribution in [-0.2, 0) is 20.9 Å². The molecular weight excluding hydrogens is 352 g/mol. The predicted octanol–water partition coefficient (Wildman–Crippen LogP) is 1.92. The summed E-state index contributed by atoms with van der Waals surface area (Å²) in [5.41, 5.74) is 0.808. The second-order valence-electron chi connectivity index (χ2n) is 6.91. The highest BCUT2D eigenvalue weighted by molar-refractivity contribution is 6.08. The highest BCUT2D eigenvalue weighted by Gasteiger charge is 2.52. The average Bonchev–Trinajstić information content (AvgIpc) is 3.21. The van der Waals surface area contributed by atoms with Crippen LogP contribution in [0, 0.1) is 6.92 Å². The van der Waals surface area contributed by atoms with Gasteiger partial charge in [-0.25, -0.2) is 4.79 Å². The first-order chi connectivity index (χ1) is 12.9. The predicted molar refractivity (Wildman–Crippen MR) is 95.5 cm³/mol. The largest absolute Gasteiger partial charge is 0.493 e. The second-order valence-corrected chi connectivity index (χ2v) is 6.91. The summed E-state index contributed by atoms with van der Waals surface area (Å²) in [5.74, 6) is 0.157. The van der Waals surface area contributed by atoms with Gasteiger partial charge in [-0.05, 0) is 43.0 Å². The number of methoxy groups -OCH3 is 2. The van der Waals surface area contributed by atoms with Crippen molar-refractivity contribution in [2.75, 3.05) is 20.8 Å². The molecule has 1 aliphatic carbocycles. The summed E-state index contributed by atoms with van der Waals surface area (Å²) in [6.45, 7) is 1.49. The quantitative estimate of drug-likeness (QED) is 0.602. The van der Waals surface area contributed by atoms with Gasteiger partial charge in [0.05, 0.1) is 14.2 Å². The molecule has 2 fully saturated rings. The normalized spacial score (nSPS) is 18.0. The maximum absolute atomic E-state index is 12.6. The van der Waals surface area contributed by atoms with Gasteiger partial charge in [0, 0.05) is 0 Å². The first kappa shape index (κ1) is 19.0. The van der Waals surface area contributed by atoms with Crippen LogP contribution in [0.4, 0.5) is 4.79 Å².